The molecule has 0 atom stereocenters. The molecule has 0 aliphatic rings. The van der Waals surface area contributed by atoms with Crippen molar-refractivity contribution in [2.45, 2.75) is 32.1 Å². The van der Waals surface area contributed by atoms with Crippen molar-refractivity contribution < 1.29 is 4.79 Å². The molecule has 0 spiro atoms. The molecule has 1 heterocycles. The zero-order valence-electron chi connectivity index (χ0n) is 12.7. The summed E-state index contributed by atoms with van der Waals surface area (Å²) in [5, 5.41) is 4.28. The first-order valence-electron chi connectivity index (χ1n) is 7.62. The fourth-order valence-electron chi connectivity index (χ4n) is 2.47. The summed E-state index contributed by atoms with van der Waals surface area (Å²) < 4.78 is 0. The molecule has 1 aromatic carbocycles. The van der Waals surface area contributed by atoms with Gasteiger partial charge in [-0.15, -0.1) is 0 Å². The fraction of sp³-hybridized carbons (Fsp3) is 0.471. The molecule has 0 radical (unpaired) electrons. The molecule has 0 saturated heterocycles. The maximum Gasteiger partial charge on any atom is 0.220 e. The summed E-state index contributed by atoms with van der Waals surface area (Å²) >= 11 is 1.86. The molecule has 0 aliphatic heterocycles. The topological polar surface area (TPSA) is 44.9 Å². The minimum atomic E-state index is 0.180. The van der Waals surface area contributed by atoms with Crippen LogP contribution in [0.15, 0.2) is 30.5 Å². The Bertz CT molecular complexity index is 565. The molecule has 1 aromatic heterocycles. The van der Waals surface area contributed by atoms with Gasteiger partial charge in [0, 0.05) is 30.1 Å². The summed E-state index contributed by atoms with van der Waals surface area (Å²) in [6, 6.07) is 8.31. The molecule has 4 heteroatoms. The maximum atomic E-state index is 11.7. The van der Waals surface area contributed by atoms with E-state index >= 15 is 0 Å². The van der Waals surface area contributed by atoms with E-state index in [1.165, 1.54) is 28.6 Å². The number of aromatic amines is 1. The molecule has 0 saturated carbocycles. The van der Waals surface area contributed by atoms with Gasteiger partial charge in [-0.25, -0.2) is 0 Å². The number of hydrogen-bond acceptors (Lipinski definition) is 2. The lowest BCUT2D eigenvalue weighted by atomic mass is 10.1. The van der Waals surface area contributed by atoms with Gasteiger partial charge in [-0.3, -0.25) is 4.79 Å². The van der Waals surface area contributed by atoms with Gasteiger partial charge in [0.2, 0.25) is 5.91 Å². The molecule has 2 N–H and O–H groups in total. The lowest BCUT2D eigenvalue weighted by Gasteiger charge is -2.04. The first-order chi connectivity index (χ1) is 10.3. The first kappa shape index (κ1) is 16.0. The Balaban J connectivity index is 1.66. The van der Waals surface area contributed by atoms with Gasteiger partial charge in [0.15, 0.2) is 0 Å². The molecule has 2 rings (SSSR count). The molecule has 114 valence electrons. The predicted molar refractivity (Wildman–Crippen MR) is 91.9 cm³/mol. The summed E-state index contributed by atoms with van der Waals surface area (Å²) in [7, 11) is 0. The number of aryl methyl sites for hydroxylation is 1. The number of unbranched alkanes of at least 4 members (excludes halogenated alkanes) is 1. The van der Waals surface area contributed by atoms with Crippen LogP contribution in [0.4, 0.5) is 0 Å². The highest BCUT2D eigenvalue weighted by Crippen LogP contribution is 2.19. The van der Waals surface area contributed by atoms with Gasteiger partial charge in [0.1, 0.15) is 0 Å². The van der Waals surface area contributed by atoms with Crippen LogP contribution in [-0.2, 0) is 11.2 Å². The van der Waals surface area contributed by atoms with Crippen molar-refractivity contribution in [1.82, 2.24) is 10.3 Å². The van der Waals surface area contributed by atoms with E-state index in [9.17, 15) is 4.79 Å². The number of thioether (sulfide) groups is 1. The van der Waals surface area contributed by atoms with Crippen molar-refractivity contribution in [3.05, 3.63) is 36.0 Å². The maximum absolute atomic E-state index is 11.7. The van der Waals surface area contributed by atoms with E-state index in [1.54, 1.807) is 0 Å². The van der Waals surface area contributed by atoms with Crippen LogP contribution in [0.1, 0.15) is 31.2 Å². The third kappa shape index (κ3) is 5.12. The van der Waals surface area contributed by atoms with E-state index in [4.69, 9.17) is 0 Å². The van der Waals surface area contributed by atoms with E-state index in [0.717, 1.165) is 25.8 Å². The Morgan fingerprint density at radius 2 is 2.10 bits per heavy atom. The summed E-state index contributed by atoms with van der Waals surface area (Å²) in [5.41, 5.74) is 2.48. The molecule has 0 unspecified atom stereocenters. The van der Waals surface area contributed by atoms with E-state index in [2.05, 4.69) is 41.0 Å². The lowest BCUT2D eigenvalue weighted by molar-refractivity contribution is -0.121. The van der Waals surface area contributed by atoms with Gasteiger partial charge in [-0.05, 0) is 49.3 Å². The average molecular weight is 304 g/mol. The second-order valence-corrected chi connectivity index (χ2v) is 6.25. The lowest BCUT2D eigenvalue weighted by Crippen LogP contribution is -2.24. The largest absolute Gasteiger partial charge is 0.361 e. The minimum absolute atomic E-state index is 0.180. The number of aromatic nitrogens is 1. The van der Waals surface area contributed by atoms with Crippen LogP contribution < -0.4 is 5.32 Å². The SMILES string of the molecule is CSCCCCNC(=O)CCCc1c[nH]c2ccccc12. The summed E-state index contributed by atoms with van der Waals surface area (Å²) in [5.74, 6) is 1.36. The smallest absolute Gasteiger partial charge is 0.220 e. The number of H-pyrrole nitrogens is 1. The highest BCUT2D eigenvalue weighted by atomic mass is 32.2. The number of benzene rings is 1. The number of carbonyl (C=O) groups excluding carboxylic acids is 1. The van der Waals surface area contributed by atoms with Crippen molar-refractivity contribution in [1.29, 1.82) is 0 Å². The number of carbonyl (C=O) groups is 1. The number of nitrogens with one attached hydrogen (secondary N) is 2. The van der Waals surface area contributed by atoms with Crippen LogP contribution >= 0.6 is 11.8 Å². The van der Waals surface area contributed by atoms with E-state index < -0.39 is 0 Å². The average Bonchev–Trinajstić information content (AvgIpc) is 2.91. The van der Waals surface area contributed by atoms with Crippen molar-refractivity contribution >= 4 is 28.6 Å². The highest BCUT2D eigenvalue weighted by Gasteiger charge is 2.05. The summed E-state index contributed by atoms with van der Waals surface area (Å²) in [6.07, 6.45) is 8.89. The van der Waals surface area contributed by atoms with Gasteiger partial charge in [0.25, 0.3) is 0 Å². The summed E-state index contributed by atoms with van der Waals surface area (Å²) in [4.78, 5) is 15.0. The molecule has 3 nitrogen and oxygen atoms in total. The van der Waals surface area contributed by atoms with Crippen LogP contribution in [0.25, 0.3) is 10.9 Å². The molecule has 0 aliphatic carbocycles. The standard InChI is InChI=1S/C17H24N2OS/c1-21-12-5-4-11-18-17(20)10-6-7-14-13-19-16-9-3-2-8-15(14)16/h2-3,8-9,13,19H,4-7,10-12H2,1H3,(H,18,20). The number of fused-ring (bicyclic) bond motifs is 1. The zero-order valence-corrected chi connectivity index (χ0v) is 13.5. The first-order valence-corrected chi connectivity index (χ1v) is 9.01. The molecular weight excluding hydrogens is 280 g/mol. The van der Waals surface area contributed by atoms with Gasteiger partial charge >= 0.3 is 0 Å². The van der Waals surface area contributed by atoms with E-state index in [-0.39, 0.29) is 5.91 Å². The van der Waals surface area contributed by atoms with Gasteiger partial charge in [-0.2, -0.15) is 11.8 Å². The quantitative estimate of drug-likeness (QED) is 0.693. The zero-order chi connectivity index (χ0) is 14.9. The van der Waals surface area contributed by atoms with Crippen LogP contribution in [0.3, 0.4) is 0 Å². The minimum Gasteiger partial charge on any atom is -0.361 e. The number of para-hydroxylation sites is 1. The molecule has 2 aromatic rings. The molecule has 21 heavy (non-hydrogen) atoms. The van der Waals surface area contributed by atoms with Crippen LogP contribution in [0, 0.1) is 0 Å². The third-order valence-electron chi connectivity index (χ3n) is 3.62. The Labute approximate surface area is 130 Å². The van der Waals surface area contributed by atoms with Gasteiger partial charge in [0.05, 0.1) is 0 Å². The Morgan fingerprint density at radius 3 is 2.95 bits per heavy atom. The van der Waals surface area contributed by atoms with Crippen molar-refractivity contribution in [3.63, 3.8) is 0 Å². The highest BCUT2D eigenvalue weighted by molar-refractivity contribution is 7.98. The Morgan fingerprint density at radius 1 is 1.24 bits per heavy atom. The second-order valence-electron chi connectivity index (χ2n) is 5.26. The van der Waals surface area contributed by atoms with Crippen molar-refractivity contribution in [2.75, 3.05) is 18.6 Å². The Hall–Kier alpha value is -1.42. The second kappa shape index (κ2) is 8.78. The molecule has 0 bridgehead atoms. The third-order valence-corrected chi connectivity index (χ3v) is 4.32. The molecular formula is C17H24N2OS. The summed E-state index contributed by atoms with van der Waals surface area (Å²) in [6.45, 7) is 0.812. The van der Waals surface area contributed by atoms with Crippen LogP contribution in [-0.4, -0.2) is 29.4 Å². The van der Waals surface area contributed by atoms with Crippen molar-refractivity contribution in [2.24, 2.45) is 0 Å². The van der Waals surface area contributed by atoms with E-state index in [0.29, 0.717) is 6.42 Å². The van der Waals surface area contributed by atoms with Crippen LogP contribution in [0.2, 0.25) is 0 Å². The van der Waals surface area contributed by atoms with Gasteiger partial charge in [-0.1, -0.05) is 18.2 Å². The number of amides is 1. The molecule has 0 fully saturated rings. The normalized spacial score (nSPS) is 10.9. The fourth-order valence-corrected chi connectivity index (χ4v) is 2.96. The monoisotopic (exact) mass is 304 g/mol. The number of hydrogen-bond donors (Lipinski definition) is 2. The Kier molecular flexibility index (Phi) is 6.67. The number of rotatable bonds is 9. The van der Waals surface area contributed by atoms with Crippen LogP contribution in [0.5, 0.6) is 0 Å². The molecule has 1 amide bonds. The predicted octanol–water partition coefficient (Wildman–Crippen LogP) is 3.75. The van der Waals surface area contributed by atoms with Crippen molar-refractivity contribution in [3.8, 4) is 0 Å². The van der Waals surface area contributed by atoms with E-state index in [1.807, 2.05) is 17.8 Å². The van der Waals surface area contributed by atoms with Gasteiger partial charge < -0.3 is 10.3 Å².